The Morgan fingerprint density at radius 2 is 2.00 bits per heavy atom. The molecule has 1 aromatic heterocycles. The molecule has 0 bridgehead atoms. The Bertz CT molecular complexity index is 763. The molecular weight excluding hydrogens is 380 g/mol. The average Bonchev–Trinajstić information content (AvgIpc) is 3.13. The molecule has 1 amide bonds. The zero-order chi connectivity index (χ0) is 20.4. The number of thioether (sulfide) groups is 1. The van der Waals surface area contributed by atoms with Gasteiger partial charge in [0.25, 0.3) is 0 Å². The van der Waals surface area contributed by atoms with Crippen molar-refractivity contribution in [1.82, 2.24) is 25.1 Å². The van der Waals surface area contributed by atoms with Gasteiger partial charge >= 0.3 is 5.97 Å². The molecule has 0 aliphatic heterocycles. The summed E-state index contributed by atoms with van der Waals surface area (Å²) in [5, 5.41) is 14.9. The Labute approximate surface area is 168 Å². The average molecular weight is 407 g/mol. The molecule has 28 heavy (non-hydrogen) atoms. The SMILES string of the molecule is CCCCOC(=O)c1ccc(NC(=O)CSc2nnnn2CCN(C)C)cc1. The molecule has 0 saturated carbocycles. The second kappa shape index (κ2) is 11.4. The number of nitrogens with zero attached hydrogens (tertiary/aromatic N) is 5. The van der Waals surface area contributed by atoms with Gasteiger partial charge in [0, 0.05) is 12.2 Å². The maximum atomic E-state index is 12.2. The van der Waals surface area contributed by atoms with E-state index in [4.69, 9.17) is 4.74 Å². The molecule has 10 heteroatoms. The van der Waals surface area contributed by atoms with Gasteiger partial charge in [0.1, 0.15) is 0 Å². The molecule has 0 aliphatic carbocycles. The van der Waals surface area contributed by atoms with E-state index < -0.39 is 0 Å². The van der Waals surface area contributed by atoms with E-state index in [1.165, 1.54) is 11.8 Å². The standard InChI is InChI=1S/C18H26N6O3S/c1-4-5-12-27-17(26)14-6-8-15(9-7-14)19-16(25)13-28-18-20-21-22-24(18)11-10-23(2)3/h6-9H,4-5,10-13H2,1-3H3,(H,19,25). The van der Waals surface area contributed by atoms with E-state index in [1.807, 2.05) is 25.9 Å². The van der Waals surface area contributed by atoms with Gasteiger partial charge in [-0.15, -0.1) is 5.10 Å². The summed E-state index contributed by atoms with van der Waals surface area (Å²) in [4.78, 5) is 26.1. The van der Waals surface area contributed by atoms with Crippen molar-refractivity contribution in [2.75, 3.05) is 38.3 Å². The van der Waals surface area contributed by atoms with Crippen LogP contribution in [0.25, 0.3) is 0 Å². The highest BCUT2D eigenvalue weighted by Crippen LogP contribution is 2.15. The smallest absolute Gasteiger partial charge is 0.338 e. The van der Waals surface area contributed by atoms with Crippen LogP contribution in [0, 0.1) is 0 Å². The second-order valence-electron chi connectivity index (χ2n) is 6.39. The van der Waals surface area contributed by atoms with Crippen LogP contribution < -0.4 is 5.32 Å². The van der Waals surface area contributed by atoms with Crippen molar-refractivity contribution in [1.29, 1.82) is 0 Å². The maximum absolute atomic E-state index is 12.2. The quantitative estimate of drug-likeness (QED) is 0.343. The lowest BCUT2D eigenvalue weighted by Gasteiger charge is -2.10. The number of anilines is 1. The molecule has 0 saturated heterocycles. The number of amides is 1. The summed E-state index contributed by atoms with van der Waals surface area (Å²) in [6.45, 7) is 3.91. The number of rotatable bonds is 11. The number of hydrogen-bond acceptors (Lipinski definition) is 8. The van der Waals surface area contributed by atoms with Crippen LogP contribution in [-0.2, 0) is 16.1 Å². The molecule has 0 atom stereocenters. The van der Waals surface area contributed by atoms with Gasteiger partial charge in [0.15, 0.2) is 0 Å². The van der Waals surface area contributed by atoms with E-state index in [0.717, 1.165) is 19.4 Å². The minimum absolute atomic E-state index is 0.176. The monoisotopic (exact) mass is 406 g/mol. The first-order valence-corrected chi connectivity index (χ1v) is 10.1. The third-order valence-electron chi connectivity index (χ3n) is 3.73. The third kappa shape index (κ3) is 7.28. The number of esters is 1. The summed E-state index contributed by atoms with van der Waals surface area (Å²) in [5.41, 5.74) is 1.08. The minimum atomic E-state index is -0.355. The Morgan fingerprint density at radius 1 is 1.25 bits per heavy atom. The lowest BCUT2D eigenvalue weighted by atomic mass is 10.2. The highest BCUT2D eigenvalue weighted by Gasteiger charge is 2.11. The zero-order valence-corrected chi connectivity index (χ0v) is 17.2. The maximum Gasteiger partial charge on any atom is 0.338 e. The van der Waals surface area contributed by atoms with E-state index in [0.29, 0.717) is 29.6 Å². The van der Waals surface area contributed by atoms with Crippen LogP contribution in [0.4, 0.5) is 5.69 Å². The topological polar surface area (TPSA) is 102 Å². The molecule has 2 aromatic rings. The molecule has 9 nitrogen and oxygen atoms in total. The molecule has 2 rings (SSSR count). The highest BCUT2D eigenvalue weighted by atomic mass is 32.2. The van der Waals surface area contributed by atoms with Crippen LogP contribution in [0.2, 0.25) is 0 Å². The van der Waals surface area contributed by atoms with Crippen LogP contribution in [-0.4, -0.2) is 70.0 Å². The van der Waals surface area contributed by atoms with Crippen molar-refractivity contribution in [3.63, 3.8) is 0 Å². The highest BCUT2D eigenvalue weighted by molar-refractivity contribution is 7.99. The van der Waals surface area contributed by atoms with Gasteiger partial charge in [0.2, 0.25) is 11.1 Å². The summed E-state index contributed by atoms with van der Waals surface area (Å²) in [5.74, 6) is -0.347. The van der Waals surface area contributed by atoms with Gasteiger partial charge in [-0.05, 0) is 55.2 Å². The van der Waals surface area contributed by atoms with Crippen LogP contribution >= 0.6 is 11.8 Å². The zero-order valence-electron chi connectivity index (χ0n) is 16.4. The number of benzene rings is 1. The summed E-state index contributed by atoms with van der Waals surface area (Å²) in [6, 6.07) is 6.64. The predicted octanol–water partition coefficient (Wildman–Crippen LogP) is 1.92. The van der Waals surface area contributed by atoms with Gasteiger partial charge in [-0.2, -0.15) is 0 Å². The van der Waals surface area contributed by atoms with Crippen molar-refractivity contribution in [2.45, 2.75) is 31.5 Å². The fourth-order valence-electron chi connectivity index (χ4n) is 2.14. The minimum Gasteiger partial charge on any atom is -0.462 e. The number of nitrogens with one attached hydrogen (secondary N) is 1. The van der Waals surface area contributed by atoms with E-state index in [2.05, 4.69) is 20.8 Å². The van der Waals surface area contributed by atoms with Gasteiger partial charge < -0.3 is 15.0 Å². The number of aromatic nitrogens is 4. The van der Waals surface area contributed by atoms with Crippen molar-refractivity contribution >= 4 is 29.3 Å². The number of hydrogen-bond donors (Lipinski definition) is 1. The predicted molar refractivity (Wildman–Crippen MR) is 107 cm³/mol. The first-order chi connectivity index (χ1) is 13.5. The molecule has 0 radical (unpaired) electrons. The summed E-state index contributed by atoms with van der Waals surface area (Å²) in [6.07, 6.45) is 1.81. The van der Waals surface area contributed by atoms with Crippen LogP contribution in [0.15, 0.2) is 29.4 Å². The summed E-state index contributed by atoms with van der Waals surface area (Å²) >= 11 is 1.27. The summed E-state index contributed by atoms with van der Waals surface area (Å²) in [7, 11) is 3.95. The number of tetrazole rings is 1. The lowest BCUT2D eigenvalue weighted by Crippen LogP contribution is -2.20. The number of unbranched alkanes of at least 4 members (excludes halogenated alkanes) is 1. The van der Waals surface area contributed by atoms with Gasteiger partial charge in [0.05, 0.1) is 24.5 Å². The first kappa shape index (κ1) is 21.8. The molecular formula is C18H26N6O3S. The Balaban J connectivity index is 1.80. The number of likely N-dealkylation sites (N-methyl/N-ethyl adjacent to an activating group) is 1. The number of ether oxygens (including phenoxy) is 1. The number of carbonyl (C=O) groups excluding carboxylic acids is 2. The lowest BCUT2D eigenvalue weighted by molar-refractivity contribution is -0.113. The van der Waals surface area contributed by atoms with Crippen molar-refractivity contribution in [3.05, 3.63) is 29.8 Å². The van der Waals surface area contributed by atoms with Gasteiger partial charge in [-0.1, -0.05) is 25.1 Å². The van der Waals surface area contributed by atoms with E-state index >= 15 is 0 Å². The first-order valence-electron chi connectivity index (χ1n) is 9.10. The van der Waals surface area contributed by atoms with Crippen LogP contribution in [0.5, 0.6) is 0 Å². The fraction of sp³-hybridized carbons (Fsp3) is 0.500. The molecule has 1 heterocycles. The fourth-order valence-corrected chi connectivity index (χ4v) is 2.85. The number of carbonyl (C=O) groups is 2. The normalized spacial score (nSPS) is 10.9. The Kier molecular flexibility index (Phi) is 8.89. The van der Waals surface area contributed by atoms with Crippen LogP contribution in [0.3, 0.4) is 0 Å². The third-order valence-corrected chi connectivity index (χ3v) is 4.68. The molecule has 1 aromatic carbocycles. The largest absolute Gasteiger partial charge is 0.462 e. The van der Waals surface area contributed by atoms with Crippen molar-refractivity contribution in [3.8, 4) is 0 Å². The van der Waals surface area contributed by atoms with Crippen molar-refractivity contribution < 1.29 is 14.3 Å². The Hall–Kier alpha value is -2.46. The molecule has 0 fully saturated rings. The summed E-state index contributed by atoms with van der Waals surface area (Å²) < 4.78 is 6.84. The van der Waals surface area contributed by atoms with Gasteiger partial charge in [-0.25, -0.2) is 9.48 Å². The molecule has 0 aliphatic rings. The molecule has 1 N–H and O–H groups in total. The van der Waals surface area contributed by atoms with E-state index in [-0.39, 0.29) is 17.6 Å². The van der Waals surface area contributed by atoms with Crippen molar-refractivity contribution in [2.24, 2.45) is 0 Å². The second-order valence-corrected chi connectivity index (χ2v) is 7.33. The molecule has 0 unspecified atom stereocenters. The van der Waals surface area contributed by atoms with Crippen LogP contribution in [0.1, 0.15) is 30.1 Å². The Morgan fingerprint density at radius 3 is 2.68 bits per heavy atom. The van der Waals surface area contributed by atoms with E-state index in [9.17, 15) is 9.59 Å². The van der Waals surface area contributed by atoms with Gasteiger partial charge in [-0.3, -0.25) is 4.79 Å². The molecule has 152 valence electrons. The van der Waals surface area contributed by atoms with E-state index in [1.54, 1.807) is 28.9 Å². The molecule has 0 spiro atoms.